The molecular formula is C17H20FNO2. The van der Waals surface area contributed by atoms with E-state index in [1.807, 2.05) is 31.2 Å². The van der Waals surface area contributed by atoms with Gasteiger partial charge in [0, 0.05) is 18.2 Å². The Morgan fingerprint density at radius 2 is 1.81 bits per heavy atom. The van der Waals surface area contributed by atoms with Gasteiger partial charge in [0.1, 0.15) is 11.6 Å². The van der Waals surface area contributed by atoms with E-state index in [4.69, 9.17) is 4.74 Å². The molecule has 2 N–H and O–H groups in total. The minimum absolute atomic E-state index is 0.196. The average molecular weight is 289 g/mol. The maximum absolute atomic E-state index is 13.5. The molecule has 2 unspecified atom stereocenters. The fraction of sp³-hybridized carbons (Fsp3) is 0.294. The molecule has 0 fully saturated rings. The van der Waals surface area contributed by atoms with Gasteiger partial charge in [-0.1, -0.05) is 30.3 Å². The molecule has 0 radical (unpaired) electrons. The minimum Gasteiger partial charge on any atom is -0.497 e. The van der Waals surface area contributed by atoms with Crippen LogP contribution in [0.4, 0.5) is 4.39 Å². The molecule has 0 saturated heterocycles. The Morgan fingerprint density at radius 1 is 1.14 bits per heavy atom. The van der Waals surface area contributed by atoms with Crippen LogP contribution in [-0.2, 0) is 6.54 Å². The number of halogens is 1. The quantitative estimate of drug-likeness (QED) is 0.859. The van der Waals surface area contributed by atoms with Gasteiger partial charge in [-0.2, -0.15) is 0 Å². The Kier molecular flexibility index (Phi) is 5.31. The highest BCUT2D eigenvalue weighted by molar-refractivity contribution is 5.29. The van der Waals surface area contributed by atoms with E-state index in [-0.39, 0.29) is 11.9 Å². The molecule has 0 aromatic heterocycles. The summed E-state index contributed by atoms with van der Waals surface area (Å²) in [5, 5.41) is 13.4. The van der Waals surface area contributed by atoms with Crippen molar-refractivity contribution in [3.63, 3.8) is 0 Å². The largest absolute Gasteiger partial charge is 0.497 e. The number of ether oxygens (including phenoxy) is 1. The third-order valence-corrected chi connectivity index (χ3v) is 3.50. The molecule has 0 bridgehead atoms. The summed E-state index contributed by atoms with van der Waals surface area (Å²) in [4.78, 5) is 0. The number of rotatable bonds is 6. The Balaban J connectivity index is 1.95. The highest BCUT2D eigenvalue weighted by Crippen LogP contribution is 2.20. The minimum atomic E-state index is -0.664. The van der Waals surface area contributed by atoms with Gasteiger partial charge in [0.05, 0.1) is 13.2 Å². The molecule has 2 rings (SSSR count). The molecule has 0 amide bonds. The standard InChI is InChI=1S/C17H20FNO2/c1-12(19-11-14-5-3-4-6-16(14)18)17(20)13-7-9-15(21-2)10-8-13/h3-10,12,17,19-20H,11H2,1-2H3. The van der Waals surface area contributed by atoms with Gasteiger partial charge in [0.25, 0.3) is 0 Å². The van der Waals surface area contributed by atoms with Gasteiger partial charge in [-0.15, -0.1) is 0 Å². The van der Waals surface area contributed by atoms with Crippen molar-refractivity contribution in [3.05, 3.63) is 65.5 Å². The van der Waals surface area contributed by atoms with Crippen LogP contribution in [0.3, 0.4) is 0 Å². The zero-order valence-corrected chi connectivity index (χ0v) is 12.2. The van der Waals surface area contributed by atoms with Crippen LogP contribution in [0.5, 0.6) is 5.75 Å². The van der Waals surface area contributed by atoms with Crippen LogP contribution >= 0.6 is 0 Å². The van der Waals surface area contributed by atoms with Crippen LogP contribution in [0.15, 0.2) is 48.5 Å². The van der Waals surface area contributed by atoms with Crippen LogP contribution in [0, 0.1) is 5.82 Å². The molecule has 2 atom stereocenters. The summed E-state index contributed by atoms with van der Waals surface area (Å²) in [7, 11) is 1.60. The van der Waals surface area contributed by atoms with Crippen molar-refractivity contribution in [2.75, 3.05) is 7.11 Å². The molecule has 2 aromatic rings. The molecule has 2 aromatic carbocycles. The van der Waals surface area contributed by atoms with Gasteiger partial charge in [0.2, 0.25) is 0 Å². The lowest BCUT2D eigenvalue weighted by Gasteiger charge is -2.21. The smallest absolute Gasteiger partial charge is 0.127 e. The van der Waals surface area contributed by atoms with Crippen LogP contribution in [0.2, 0.25) is 0 Å². The van der Waals surface area contributed by atoms with Crippen molar-refractivity contribution < 1.29 is 14.2 Å². The van der Waals surface area contributed by atoms with Gasteiger partial charge in [-0.3, -0.25) is 0 Å². The number of nitrogens with one attached hydrogen (secondary N) is 1. The molecule has 0 aliphatic rings. The zero-order valence-electron chi connectivity index (χ0n) is 12.2. The van der Waals surface area contributed by atoms with Crippen molar-refractivity contribution >= 4 is 0 Å². The topological polar surface area (TPSA) is 41.5 Å². The van der Waals surface area contributed by atoms with Gasteiger partial charge >= 0.3 is 0 Å². The predicted octanol–water partition coefficient (Wildman–Crippen LogP) is 3.05. The fourth-order valence-corrected chi connectivity index (χ4v) is 2.11. The molecule has 0 aliphatic heterocycles. The van der Waals surface area contributed by atoms with Gasteiger partial charge in [0.15, 0.2) is 0 Å². The number of aliphatic hydroxyl groups excluding tert-OH is 1. The van der Waals surface area contributed by atoms with E-state index in [1.54, 1.807) is 25.3 Å². The summed E-state index contributed by atoms with van der Waals surface area (Å²) < 4.78 is 18.6. The highest BCUT2D eigenvalue weighted by Gasteiger charge is 2.16. The molecule has 3 nitrogen and oxygen atoms in total. The van der Waals surface area contributed by atoms with Crippen LogP contribution in [0.25, 0.3) is 0 Å². The Labute approximate surface area is 124 Å². The maximum atomic E-state index is 13.5. The van der Waals surface area contributed by atoms with Gasteiger partial charge < -0.3 is 15.2 Å². The van der Waals surface area contributed by atoms with E-state index >= 15 is 0 Å². The van der Waals surface area contributed by atoms with E-state index in [9.17, 15) is 9.50 Å². The monoisotopic (exact) mass is 289 g/mol. The average Bonchev–Trinajstić information content (AvgIpc) is 2.53. The molecule has 0 heterocycles. The van der Waals surface area contributed by atoms with Gasteiger partial charge in [-0.25, -0.2) is 4.39 Å². The Bertz CT molecular complexity index is 571. The van der Waals surface area contributed by atoms with E-state index in [2.05, 4.69) is 5.32 Å². The number of benzene rings is 2. The second-order valence-corrected chi connectivity index (χ2v) is 4.98. The molecule has 0 saturated carbocycles. The van der Waals surface area contributed by atoms with Crippen LogP contribution in [0.1, 0.15) is 24.2 Å². The second-order valence-electron chi connectivity index (χ2n) is 4.98. The Morgan fingerprint density at radius 3 is 2.43 bits per heavy atom. The number of hydrogen-bond donors (Lipinski definition) is 2. The summed E-state index contributed by atoms with van der Waals surface area (Å²) in [5.74, 6) is 0.508. The lowest BCUT2D eigenvalue weighted by atomic mass is 10.0. The summed E-state index contributed by atoms with van der Waals surface area (Å²) >= 11 is 0. The molecular weight excluding hydrogens is 269 g/mol. The first-order valence-corrected chi connectivity index (χ1v) is 6.90. The number of hydrogen-bond acceptors (Lipinski definition) is 3. The highest BCUT2D eigenvalue weighted by atomic mass is 19.1. The first-order chi connectivity index (χ1) is 10.1. The van der Waals surface area contributed by atoms with Crippen molar-refractivity contribution in [1.82, 2.24) is 5.32 Å². The zero-order chi connectivity index (χ0) is 15.2. The van der Waals surface area contributed by atoms with E-state index in [1.165, 1.54) is 6.07 Å². The first-order valence-electron chi connectivity index (χ1n) is 6.90. The van der Waals surface area contributed by atoms with E-state index < -0.39 is 6.10 Å². The van der Waals surface area contributed by atoms with E-state index in [0.29, 0.717) is 12.1 Å². The van der Waals surface area contributed by atoms with Crippen LogP contribution < -0.4 is 10.1 Å². The lowest BCUT2D eigenvalue weighted by molar-refractivity contribution is 0.135. The third-order valence-electron chi connectivity index (χ3n) is 3.50. The van der Waals surface area contributed by atoms with Crippen molar-refractivity contribution in [3.8, 4) is 5.75 Å². The van der Waals surface area contributed by atoms with Crippen LogP contribution in [-0.4, -0.2) is 18.3 Å². The summed E-state index contributed by atoms with van der Waals surface area (Å²) in [6.45, 7) is 2.25. The summed E-state index contributed by atoms with van der Waals surface area (Å²) in [6.07, 6.45) is -0.664. The number of aliphatic hydroxyl groups is 1. The molecule has 0 aliphatic carbocycles. The SMILES string of the molecule is COc1ccc(C(O)C(C)NCc2ccccc2F)cc1. The third kappa shape index (κ3) is 4.03. The predicted molar refractivity (Wildman–Crippen MR) is 80.7 cm³/mol. The van der Waals surface area contributed by atoms with Gasteiger partial charge in [-0.05, 0) is 30.7 Å². The normalized spacial score (nSPS) is 13.7. The van der Waals surface area contributed by atoms with E-state index in [0.717, 1.165) is 11.3 Å². The summed E-state index contributed by atoms with van der Waals surface area (Å²) in [6, 6.07) is 13.7. The molecule has 21 heavy (non-hydrogen) atoms. The van der Waals surface area contributed by atoms with Crippen molar-refractivity contribution in [2.45, 2.75) is 25.6 Å². The molecule has 4 heteroatoms. The summed E-state index contributed by atoms with van der Waals surface area (Å²) in [5.41, 5.74) is 1.38. The number of methoxy groups -OCH3 is 1. The van der Waals surface area contributed by atoms with Crippen molar-refractivity contribution in [2.24, 2.45) is 0 Å². The lowest BCUT2D eigenvalue weighted by Crippen LogP contribution is -2.32. The van der Waals surface area contributed by atoms with Crippen molar-refractivity contribution in [1.29, 1.82) is 0 Å². The maximum Gasteiger partial charge on any atom is 0.127 e. The fourth-order valence-electron chi connectivity index (χ4n) is 2.11. The molecule has 0 spiro atoms. The molecule has 112 valence electrons. The Hall–Kier alpha value is -1.91. The second kappa shape index (κ2) is 7.20. The first kappa shape index (κ1) is 15.5.